The minimum atomic E-state index is -0.571. The van der Waals surface area contributed by atoms with E-state index in [2.05, 4.69) is 4.99 Å². The fourth-order valence-electron chi connectivity index (χ4n) is 2.71. The minimum absolute atomic E-state index is 0.0190. The van der Waals surface area contributed by atoms with Gasteiger partial charge in [0.1, 0.15) is 10.2 Å². The van der Waals surface area contributed by atoms with Crippen LogP contribution in [-0.2, 0) is 21.8 Å². The highest BCUT2D eigenvalue weighted by molar-refractivity contribution is 8.38. The molecule has 5 nitrogen and oxygen atoms in total. The number of nitrogens with zero attached hydrogens (tertiary/aromatic N) is 2. The summed E-state index contributed by atoms with van der Waals surface area (Å²) in [6.07, 6.45) is 0. The smallest absolute Gasteiger partial charge is 0.338 e. The number of hydrogen-bond acceptors (Lipinski definition) is 6. The van der Waals surface area contributed by atoms with Gasteiger partial charge >= 0.3 is 5.97 Å². The quantitative estimate of drug-likeness (QED) is 0.557. The number of rotatable bonds is 7. The van der Waals surface area contributed by atoms with Crippen LogP contribution in [0.25, 0.3) is 0 Å². The van der Waals surface area contributed by atoms with Gasteiger partial charge in [-0.1, -0.05) is 59.4 Å². The van der Waals surface area contributed by atoms with Crippen LogP contribution in [0.3, 0.4) is 0 Å². The van der Waals surface area contributed by atoms with E-state index in [1.807, 2.05) is 12.1 Å². The third kappa shape index (κ3) is 6.00. The lowest BCUT2D eigenvalue weighted by Crippen LogP contribution is -2.31. The lowest BCUT2D eigenvalue weighted by Gasteiger charge is -2.18. The normalized spacial score (nSPS) is 13.1. The van der Waals surface area contributed by atoms with E-state index >= 15 is 0 Å². The molecule has 0 unspecified atom stereocenters. The minimum Gasteiger partial charge on any atom is -0.452 e. The first-order valence-electron chi connectivity index (χ1n) is 9.17. The first-order valence-corrected chi connectivity index (χ1v) is 11.5. The molecule has 0 spiro atoms. The molecule has 0 saturated heterocycles. The summed E-state index contributed by atoms with van der Waals surface area (Å²) in [5.41, 5.74) is 1.46. The van der Waals surface area contributed by atoms with Crippen LogP contribution in [0.1, 0.15) is 21.5 Å². The Bertz CT molecular complexity index is 951. The fraction of sp³-hybridized carbons (Fsp3) is 0.286. The van der Waals surface area contributed by atoms with E-state index < -0.39 is 24.3 Å². The van der Waals surface area contributed by atoms with E-state index in [4.69, 9.17) is 16.3 Å². The largest absolute Gasteiger partial charge is 0.452 e. The van der Waals surface area contributed by atoms with E-state index in [9.17, 15) is 14.0 Å². The average Bonchev–Trinajstić information content (AvgIpc) is 3.26. The van der Waals surface area contributed by atoms with Crippen LogP contribution in [0.15, 0.2) is 47.5 Å². The summed E-state index contributed by atoms with van der Waals surface area (Å²) in [5.74, 6) is 0.0657. The van der Waals surface area contributed by atoms with Gasteiger partial charge in [-0.2, -0.15) is 0 Å². The van der Waals surface area contributed by atoms with Gasteiger partial charge in [-0.05, 0) is 23.8 Å². The van der Waals surface area contributed by atoms with Gasteiger partial charge in [0.25, 0.3) is 5.91 Å². The van der Waals surface area contributed by atoms with Crippen molar-refractivity contribution >= 4 is 51.4 Å². The SMILES string of the molecule is CN(Cc1c(F)cccc1Cl)C(=O)COC(=O)c1ccccc1CSC1=NCCS1. The molecule has 2 aromatic rings. The first-order chi connectivity index (χ1) is 14.5. The number of aliphatic imine (C=N–C) groups is 1. The van der Waals surface area contributed by atoms with Crippen LogP contribution < -0.4 is 0 Å². The molecule has 0 bridgehead atoms. The molecule has 0 aliphatic carbocycles. The molecule has 2 aromatic carbocycles. The maximum absolute atomic E-state index is 13.9. The number of benzene rings is 2. The fourth-order valence-corrected chi connectivity index (χ4v) is 4.95. The van der Waals surface area contributed by atoms with Crippen LogP contribution in [0.2, 0.25) is 5.02 Å². The molecule has 1 aliphatic rings. The van der Waals surface area contributed by atoms with E-state index in [0.717, 1.165) is 22.2 Å². The van der Waals surface area contributed by atoms with Crippen molar-refractivity contribution in [2.75, 3.05) is 26.0 Å². The van der Waals surface area contributed by atoms with Gasteiger partial charge in [-0.15, -0.1) is 0 Å². The van der Waals surface area contributed by atoms with Crippen molar-refractivity contribution in [3.8, 4) is 0 Å². The molecular weight excluding hydrogens is 447 g/mol. The Hall–Kier alpha value is -2.03. The second-order valence-electron chi connectivity index (χ2n) is 6.47. The van der Waals surface area contributed by atoms with Crippen molar-refractivity contribution in [3.63, 3.8) is 0 Å². The number of ether oxygens (including phenoxy) is 1. The zero-order chi connectivity index (χ0) is 21.5. The third-order valence-corrected chi connectivity index (χ3v) is 7.01. The van der Waals surface area contributed by atoms with Crippen molar-refractivity contribution in [2.24, 2.45) is 4.99 Å². The Kier molecular flexibility index (Phi) is 8.18. The average molecular weight is 467 g/mol. The number of hydrogen-bond donors (Lipinski definition) is 0. The number of thioether (sulfide) groups is 2. The molecule has 0 saturated carbocycles. The summed E-state index contributed by atoms with van der Waals surface area (Å²) in [5, 5.41) is 0.239. The summed E-state index contributed by atoms with van der Waals surface area (Å²) in [6, 6.07) is 11.5. The highest BCUT2D eigenvalue weighted by atomic mass is 35.5. The van der Waals surface area contributed by atoms with Crippen LogP contribution in [0.5, 0.6) is 0 Å². The monoisotopic (exact) mass is 466 g/mol. The molecular formula is C21H20ClFN2O3S2. The number of carbonyl (C=O) groups is 2. The van der Waals surface area contributed by atoms with Crippen molar-refractivity contribution in [1.82, 2.24) is 4.90 Å². The van der Waals surface area contributed by atoms with Gasteiger partial charge in [0.2, 0.25) is 0 Å². The maximum Gasteiger partial charge on any atom is 0.338 e. The Morgan fingerprint density at radius 2 is 2.07 bits per heavy atom. The van der Waals surface area contributed by atoms with Gasteiger partial charge in [-0.25, -0.2) is 9.18 Å². The molecule has 158 valence electrons. The molecule has 0 N–H and O–H groups in total. The molecule has 0 fully saturated rings. The summed E-state index contributed by atoms with van der Waals surface area (Å²) >= 11 is 9.30. The van der Waals surface area contributed by atoms with E-state index in [1.54, 1.807) is 41.7 Å². The highest BCUT2D eigenvalue weighted by Gasteiger charge is 2.19. The Labute approximate surface area is 188 Å². The third-order valence-electron chi connectivity index (χ3n) is 4.36. The van der Waals surface area contributed by atoms with E-state index in [0.29, 0.717) is 11.3 Å². The summed E-state index contributed by atoms with van der Waals surface area (Å²) in [7, 11) is 1.50. The van der Waals surface area contributed by atoms with Crippen LogP contribution in [0.4, 0.5) is 4.39 Å². The molecule has 3 rings (SSSR count). The van der Waals surface area contributed by atoms with Crippen LogP contribution >= 0.6 is 35.1 Å². The van der Waals surface area contributed by atoms with Gasteiger partial charge in [0.05, 0.1) is 12.1 Å². The predicted molar refractivity (Wildman–Crippen MR) is 121 cm³/mol. The molecule has 1 amide bonds. The summed E-state index contributed by atoms with van der Waals surface area (Å²) in [6.45, 7) is 0.366. The van der Waals surface area contributed by atoms with Crippen molar-refractivity contribution in [1.29, 1.82) is 0 Å². The topological polar surface area (TPSA) is 59.0 Å². The molecule has 30 heavy (non-hydrogen) atoms. The van der Waals surface area contributed by atoms with Crippen molar-refractivity contribution in [2.45, 2.75) is 12.3 Å². The molecule has 0 aromatic heterocycles. The molecule has 1 aliphatic heterocycles. The van der Waals surface area contributed by atoms with Gasteiger partial charge in [0, 0.05) is 35.7 Å². The Morgan fingerprint density at radius 1 is 1.27 bits per heavy atom. The van der Waals surface area contributed by atoms with Crippen molar-refractivity contribution < 1.29 is 18.7 Å². The van der Waals surface area contributed by atoms with Gasteiger partial charge in [-0.3, -0.25) is 9.79 Å². The Morgan fingerprint density at radius 3 is 2.80 bits per heavy atom. The van der Waals surface area contributed by atoms with E-state index in [-0.39, 0.29) is 17.1 Å². The summed E-state index contributed by atoms with van der Waals surface area (Å²) < 4.78 is 20.2. The molecule has 0 radical (unpaired) electrons. The molecule has 0 atom stereocenters. The first kappa shape index (κ1) is 22.7. The number of halogens is 2. The number of esters is 1. The summed E-state index contributed by atoms with van der Waals surface area (Å²) in [4.78, 5) is 30.6. The van der Waals surface area contributed by atoms with Crippen molar-refractivity contribution in [3.05, 3.63) is 70.0 Å². The maximum atomic E-state index is 13.9. The number of likely N-dealkylation sites (N-methyl/N-ethyl adjacent to an activating group) is 1. The van der Waals surface area contributed by atoms with Crippen LogP contribution in [0, 0.1) is 5.82 Å². The predicted octanol–water partition coefficient (Wildman–Crippen LogP) is 4.63. The molecule has 1 heterocycles. The lowest BCUT2D eigenvalue weighted by molar-refractivity contribution is -0.133. The molecule has 9 heteroatoms. The second-order valence-corrected chi connectivity index (χ2v) is 9.18. The van der Waals surface area contributed by atoms with Gasteiger partial charge in [0.15, 0.2) is 6.61 Å². The zero-order valence-corrected chi connectivity index (χ0v) is 18.7. The second kappa shape index (κ2) is 10.8. The Balaban J connectivity index is 1.56. The van der Waals surface area contributed by atoms with Crippen LogP contribution in [-0.4, -0.2) is 47.1 Å². The zero-order valence-electron chi connectivity index (χ0n) is 16.3. The lowest BCUT2D eigenvalue weighted by atomic mass is 10.1. The number of carbonyl (C=O) groups excluding carboxylic acids is 2. The number of amides is 1. The standard InChI is InChI=1S/C21H20ClFN2O3S2/c1-25(11-16-17(22)7-4-8-18(16)23)19(26)12-28-20(27)15-6-3-2-5-14(15)13-30-21-24-9-10-29-21/h2-8H,9-13H2,1H3. The van der Waals surface area contributed by atoms with Gasteiger partial charge < -0.3 is 9.64 Å². The van der Waals surface area contributed by atoms with E-state index in [1.165, 1.54) is 24.1 Å². The highest BCUT2D eigenvalue weighted by Crippen LogP contribution is 2.26.